The Hall–Kier alpha value is -2.72. The van der Waals surface area contributed by atoms with Gasteiger partial charge in [0.1, 0.15) is 6.54 Å². The fraction of sp³-hybridized carbons (Fsp3) is 0.619. The van der Waals surface area contributed by atoms with Crippen molar-refractivity contribution in [1.82, 2.24) is 25.5 Å². The van der Waals surface area contributed by atoms with Crippen LogP contribution in [0.25, 0.3) is 0 Å². The van der Waals surface area contributed by atoms with Crippen LogP contribution in [0.5, 0.6) is 11.5 Å². The second-order valence-electron chi connectivity index (χ2n) is 8.09. The third-order valence-corrected chi connectivity index (χ3v) is 5.97. The van der Waals surface area contributed by atoms with E-state index in [4.69, 9.17) is 19.9 Å². The van der Waals surface area contributed by atoms with Gasteiger partial charge in [-0.25, -0.2) is 4.68 Å². The summed E-state index contributed by atoms with van der Waals surface area (Å²) in [6, 6.07) is 5.49. The molecule has 168 valence electrons. The van der Waals surface area contributed by atoms with Crippen LogP contribution in [-0.4, -0.2) is 52.7 Å². The minimum absolute atomic E-state index is 0.0441. The average molecular weight is 431 g/mol. The number of carbonyl (C=O) groups is 1. The van der Waals surface area contributed by atoms with Gasteiger partial charge in [0, 0.05) is 0 Å². The Bertz CT molecular complexity index is 889. The summed E-state index contributed by atoms with van der Waals surface area (Å²) in [7, 11) is 0. The molecule has 3 unspecified atom stereocenters. The van der Waals surface area contributed by atoms with Crippen molar-refractivity contribution in [3.8, 4) is 11.5 Å². The fourth-order valence-corrected chi connectivity index (χ4v) is 4.40. The topological polar surface area (TPSA) is 126 Å². The lowest BCUT2D eigenvalue weighted by atomic mass is 9.81. The molecule has 0 bridgehead atoms. The van der Waals surface area contributed by atoms with Crippen molar-refractivity contribution in [3.63, 3.8) is 0 Å². The molecule has 31 heavy (non-hydrogen) atoms. The van der Waals surface area contributed by atoms with Crippen molar-refractivity contribution < 1.29 is 19.0 Å². The van der Waals surface area contributed by atoms with E-state index in [0.29, 0.717) is 35.8 Å². The number of benzene rings is 1. The maximum atomic E-state index is 12.0. The third kappa shape index (κ3) is 5.13. The summed E-state index contributed by atoms with van der Waals surface area (Å²) in [4.78, 5) is 12.0. The average Bonchev–Trinajstić information content (AvgIpc) is 3.43. The van der Waals surface area contributed by atoms with Crippen molar-refractivity contribution >= 4 is 5.97 Å². The van der Waals surface area contributed by atoms with E-state index in [1.54, 1.807) is 6.92 Å². The molecule has 1 aromatic carbocycles. The van der Waals surface area contributed by atoms with Gasteiger partial charge < -0.3 is 25.3 Å². The number of rotatable bonds is 9. The Kier molecular flexibility index (Phi) is 6.98. The number of fused-ring (bicyclic) bond motifs is 1. The highest BCUT2D eigenvalue weighted by atomic mass is 16.7. The zero-order valence-electron chi connectivity index (χ0n) is 17.8. The third-order valence-electron chi connectivity index (χ3n) is 5.97. The molecular weight excluding hydrogens is 400 g/mol. The van der Waals surface area contributed by atoms with E-state index in [9.17, 15) is 4.79 Å². The van der Waals surface area contributed by atoms with Crippen LogP contribution in [0.2, 0.25) is 0 Å². The smallest absolute Gasteiger partial charge is 0.327 e. The summed E-state index contributed by atoms with van der Waals surface area (Å²) in [5.41, 5.74) is 6.85. The van der Waals surface area contributed by atoms with Crippen molar-refractivity contribution in [3.05, 3.63) is 29.6 Å². The van der Waals surface area contributed by atoms with Crippen molar-refractivity contribution in [2.24, 2.45) is 17.6 Å². The van der Waals surface area contributed by atoms with Gasteiger partial charge >= 0.3 is 5.97 Å². The molecule has 1 saturated carbocycles. The lowest BCUT2D eigenvalue weighted by Crippen LogP contribution is -2.34. The number of nitrogens with zero attached hydrogens (tertiary/aromatic N) is 4. The maximum absolute atomic E-state index is 12.0. The van der Waals surface area contributed by atoms with Gasteiger partial charge in [0.05, 0.1) is 12.6 Å². The molecule has 10 heteroatoms. The zero-order valence-corrected chi connectivity index (χ0v) is 17.8. The number of esters is 1. The molecule has 1 fully saturated rings. The largest absolute Gasteiger partial charge is 0.465 e. The Morgan fingerprint density at radius 1 is 1.32 bits per heavy atom. The molecule has 4 rings (SSSR count). The maximum Gasteiger partial charge on any atom is 0.327 e. The van der Waals surface area contributed by atoms with Gasteiger partial charge in [-0.1, -0.05) is 12.5 Å². The molecule has 2 heterocycles. The summed E-state index contributed by atoms with van der Waals surface area (Å²) < 4.78 is 17.6. The molecule has 0 amide bonds. The molecule has 0 radical (unpaired) electrons. The summed E-state index contributed by atoms with van der Waals surface area (Å²) in [6.45, 7) is 3.79. The van der Waals surface area contributed by atoms with Gasteiger partial charge in [-0.05, 0) is 79.2 Å². The summed E-state index contributed by atoms with van der Waals surface area (Å²) >= 11 is 0. The van der Waals surface area contributed by atoms with Crippen LogP contribution in [0.15, 0.2) is 18.2 Å². The second kappa shape index (κ2) is 10.1. The van der Waals surface area contributed by atoms with Crippen LogP contribution >= 0.6 is 0 Å². The summed E-state index contributed by atoms with van der Waals surface area (Å²) in [6.07, 6.45) is 4.69. The lowest BCUT2D eigenvalue weighted by Gasteiger charge is -2.30. The Balaban J connectivity index is 1.56. The molecule has 0 spiro atoms. The Labute approximate surface area is 181 Å². The minimum Gasteiger partial charge on any atom is -0.465 e. The van der Waals surface area contributed by atoms with Gasteiger partial charge in [-0.2, -0.15) is 0 Å². The molecule has 3 atom stereocenters. The highest BCUT2D eigenvalue weighted by Gasteiger charge is 2.27. The predicted octanol–water partition coefficient (Wildman–Crippen LogP) is 1.41. The lowest BCUT2D eigenvalue weighted by molar-refractivity contribution is -0.144. The van der Waals surface area contributed by atoms with Crippen LogP contribution in [0, 0.1) is 11.8 Å². The predicted molar refractivity (Wildman–Crippen MR) is 111 cm³/mol. The van der Waals surface area contributed by atoms with Gasteiger partial charge in [0.25, 0.3) is 0 Å². The summed E-state index contributed by atoms with van der Waals surface area (Å²) in [5.74, 6) is 2.70. The minimum atomic E-state index is -0.376. The Morgan fingerprint density at radius 3 is 3.00 bits per heavy atom. The number of hydrogen-bond donors (Lipinski definition) is 2. The number of tetrazole rings is 1. The Morgan fingerprint density at radius 2 is 2.16 bits per heavy atom. The van der Waals surface area contributed by atoms with E-state index in [2.05, 4.69) is 20.8 Å². The van der Waals surface area contributed by atoms with Crippen molar-refractivity contribution in [2.45, 2.75) is 45.2 Å². The van der Waals surface area contributed by atoms with Gasteiger partial charge in [0.2, 0.25) is 6.79 Å². The van der Waals surface area contributed by atoms with Gasteiger partial charge in [-0.3, -0.25) is 4.79 Å². The van der Waals surface area contributed by atoms with E-state index in [1.807, 2.05) is 18.2 Å². The molecule has 1 aromatic heterocycles. The van der Waals surface area contributed by atoms with E-state index in [-0.39, 0.29) is 25.3 Å². The van der Waals surface area contributed by atoms with E-state index in [1.165, 1.54) is 23.9 Å². The molecule has 1 aliphatic heterocycles. The molecule has 0 saturated heterocycles. The number of ether oxygens (including phenoxy) is 3. The van der Waals surface area contributed by atoms with Gasteiger partial charge in [0.15, 0.2) is 17.3 Å². The highest BCUT2D eigenvalue weighted by Crippen LogP contribution is 2.36. The number of hydrogen-bond acceptors (Lipinski definition) is 9. The van der Waals surface area contributed by atoms with Crippen LogP contribution < -0.4 is 20.5 Å². The van der Waals surface area contributed by atoms with Gasteiger partial charge in [-0.15, -0.1) is 5.10 Å². The summed E-state index contributed by atoms with van der Waals surface area (Å²) in [5, 5.41) is 15.7. The number of carbonyl (C=O) groups excluding carboxylic acids is 1. The van der Waals surface area contributed by atoms with Crippen LogP contribution in [0.3, 0.4) is 0 Å². The first-order valence-corrected chi connectivity index (χ1v) is 10.9. The molecule has 1 aliphatic carbocycles. The zero-order chi connectivity index (χ0) is 21.6. The first-order valence-electron chi connectivity index (χ1n) is 10.9. The monoisotopic (exact) mass is 430 g/mol. The van der Waals surface area contributed by atoms with E-state index < -0.39 is 0 Å². The first kappa shape index (κ1) is 21.5. The molecule has 3 N–H and O–H groups in total. The van der Waals surface area contributed by atoms with E-state index >= 15 is 0 Å². The SMILES string of the molecule is CCOC(=O)Cn1nnnc1C(NCC1CCCC(CN)C1)c1ccc2c(c1)OCO2. The van der Waals surface area contributed by atoms with Crippen molar-refractivity contribution in [2.75, 3.05) is 26.5 Å². The fourth-order valence-electron chi connectivity index (χ4n) is 4.40. The van der Waals surface area contributed by atoms with Crippen LogP contribution in [-0.2, 0) is 16.1 Å². The number of nitrogens with two attached hydrogens (primary N) is 1. The second-order valence-corrected chi connectivity index (χ2v) is 8.09. The van der Waals surface area contributed by atoms with Crippen molar-refractivity contribution in [1.29, 1.82) is 0 Å². The number of nitrogens with one attached hydrogen (secondary N) is 1. The quantitative estimate of drug-likeness (QED) is 0.568. The van der Waals surface area contributed by atoms with E-state index in [0.717, 1.165) is 25.1 Å². The standard InChI is InChI=1S/C21H30N6O4/c1-2-29-19(28)12-27-21(24-25-26-27)20(16-6-7-17-18(9-16)31-13-30-17)23-11-15-5-3-4-14(8-15)10-22/h6-7,9,14-15,20,23H,2-5,8,10-13,22H2,1H3. The normalized spacial score (nSPS) is 21.1. The molecule has 10 nitrogen and oxygen atoms in total. The van der Waals surface area contributed by atoms with Crippen LogP contribution in [0.4, 0.5) is 0 Å². The molecule has 2 aromatic rings. The number of aromatic nitrogens is 4. The molecular formula is C21H30N6O4. The van der Waals surface area contributed by atoms with Crippen LogP contribution in [0.1, 0.15) is 50.0 Å². The molecule has 2 aliphatic rings. The first-order chi connectivity index (χ1) is 15.2. The highest BCUT2D eigenvalue weighted by molar-refractivity contribution is 5.69.